The number of ether oxygens (including phenoxy) is 2. The van der Waals surface area contributed by atoms with Gasteiger partial charge in [0.1, 0.15) is 0 Å². The van der Waals surface area contributed by atoms with Crippen LogP contribution in [0.1, 0.15) is 12.0 Å². The van der Waals surface area contributed by atoms with Gasteiger partial charge in [0.25, 0.3) is 0 Å². The molecular formula is C25H22N2O4. The summed E-state index contributed by atoms with van der Waals surface area (Å²) in [5, 5.41) is 0. The second kappa shape index (κ2) is 8.14. The fourth-order valence-electron chi connectivity index (χ4n) is 4.07. The van der Waals surface area contributed by atoms with E-state index in [0.29, 0.717) is 24.6 Å². The summed E-state index contributed by atoms with van der Waals surface area (Å²) < 4.78 is 10.8. The van der Waals surface area contributed by atoms with Crippen molar-refractivity contribution >= 4 is 23.2 Å². The van der Waals surface area contributed by atoms with Crippen LogP contribution in [0, 0.1) is 5.92 Å². The number of nitrogens with zero attached hydrogens (tertiary/aromatic N) is 2. The lowest BCUT2D eigenvalue weighted by molar-refractivity contribution is -0.124. The van der Waals surface area contributed by atoms with Gasteiger partial charge in [0.2, 0.25) is 18.6 Å². The Labute approximate surface area is 180 Å². The van der Waals surface area contributed by atoms with Crippen molar-refractivity contribution in [3.8, 4) is 11.5 Å². The summed E-state index contributed by atoms with van der Waals surface area (Å²) in [4.78, 5) is 29.8. The van der Waals surface area contributed by atoms with Crippen molar-refractivity contribution in [2.24, 2.45) is 5.92 Å². The van der Waals surface area contributed by atoms with E-state index < -0.39 is 5.92 Å². The molecule has 2 aliphatic rings. The molecule has 2 aliphatic heterocycles. The lowest BCUT2D eigenvalue weighted by Gasteiger charge is -2.26. The molecule has 3 aromatic rings. The summed E-state index contributed by atoms with van der Waals surface area (Å²) in [7, 11) is 0. The summed E-state index contributed by atoms with van der Waals surface area (Å²) in [6.07, 6.45) is 0.186. The van der Waals surface area contributed by atoms with Gasteiger partial charge in [0, 0.05) is 30.4 Å². The van der Waals surface area contributed by atoms with Crippen molar-refractivity contribution in [3.05, 3.63) is 84.4 Å². The zero-order chi connectivity index (χ0) is 21.2. The summed E-state index contributed by atoms with van der Waals surface area (Å²) in [5.41, 5.74) is 2.58. The number of hydrogen-bond acceptors (Lipinski definition) is 4. The number of fused-ring (bicyclic) bond motifs is 1. The van der Waals surface area contributed by atoms with Crippen molar-refractivity contribution < 1.29 is 19.1 Å². The number of carbonyl (C=O) groups excluding carboxylic acids is 2. The minimum absolute atomic E-state index is 0.0494. The van der Waals surface area contributed by atoms with Crippen LogP contribution in [-0.2, 0) is 16.1 Å². The molecule has 156 valence electrons. The van der Waals surface area contributed by atoms with E-state index in [1.54, 1.807) is 21.9 Å². The van der Waals surface area contributed by atoms with Gasteiger partial charge >= 0.3 is 0 Å². The molecule has 1 atom stereocenters. The maximum Gasteiger partial charge on any atom is 0.232 e. The molecule has 2 amide bonds. The van der Waals surface area contributed by atoms with Crippen LogP contribution in [0.3, 0.4) is 0 Å². The number of hydrogen-bond donors (Lipinski definition) is 0. The molecular weight excluding hydrogens is 392 g/mol. The Balaban J connectivity index is 1.39. The maximum absolute atomic E-state index is 13.6. The second-order valence-electron chi connectivity index (χ2n) is 7.69. The molecule has 0 radical (unpaired) electrons. The molecule has 0 aliphatic carbocycles. The molecule has 1 fully saturated rings. The number of rotatable bonds is 5. The summed E-state index contributed by atoms with van der Waals surface area (Å²) in [6.45, 7) is 0.979. The molecule has 5 rings (SSSR count). The number of anilines is 2. The lowest BCUT2D eigenvalue weighted by atomic mass is 10.1. The first-order chi connectivity index (χ1) is 15.2. The van der Waals surface area contributed by atoms with Crippen LogP contribution >= 0.6 is 0 Å². The van der Waals surface area contributed by atoms with Gasteiger partial charge in [-0.1, -0.05) is 48.5 Å². The first kappa shape index (κ1) is 19.2. The zero-order valence-electron chi connectivity index (χ0n) is 16.9. The minimum Gasteiger partial charge on any atom is -0.454 e. The van der Waals surface area contributed by atoms with E-state index in [4.69, 9.17) is 9.47 Å². The van der Waals surface area contributed by atoms with Gasteiger partial charge in [-0.25, -0.2) is 0 Å². The normalized spacial score (nSPS) is 17.1. The van der Waals surface area contributed by atoms with Crippen molar-refractivity contribution in [1.82, 2.24) is 0 Å². The van der Waals surface area contributed by atoms with E-state index in [2.05, 4.69) is 0 Å². The average molecular weight is 414 g/mol. The van der Waals surface area contributed by atoms with E-state index in [1.807, 2.05) is 66.7 Å². The summed E-state index contributed by atoms with van der Waals surface area (Å²) >= 11 is 0. The van der Waals surface area contributed by atoms with E-state index >= 15 is 0 Å². The lowest BCUT2D eigenvalue weighted by Crippen LogP contribution is -2.37. The summed E-state index contributed by atoms with van der Waals surface area (Å²) in [6, 6.07) is 24.9. The van der Waals surface area contributed by atoms with Gasteiger partial charge in [-0.15, -0.1) is 0 Å². The molecule has 1 unspecified atom stereocenters. The zero-order valence-corrected chi connectivity index (χ0v) is 16.9. The molecule has 0 bridgehead atoms. The molecule has 2 heterocycles. The predicted molar refractivity (Wildman–Crippen MR) is 117 cm³/mol. The Morgan fingerprint density at radius 3 is 2.42 bits per heavy atom. The third-order valence-electron chi connectivity index (χ3n) is 5.66. The third kappa shape index (κ3) is 3.84. The molecule has 0 spiro atoms. The fourth-order valence-corrected chi connectivity index (χ4v) is 4.07. The summed E-state index contributed by atoms with van der Waals surface area (Å²) in [5.74, 6) is 0.759. The first-order valence-electron chi connectivity index (χ1n) is 10.3. The maximum atomic E-state index is 13.6. The van der Waals surface area contributed by atoms with Gasteiger partial charge in [0.15, 0.2) is 11.5 Å². The number of para-hydroxylation sites is 1. The Bertz CT molecular complexity index is 1100. The van der Waals surface area contributed by atoms with Crippen LogP contribution in [0.5, 0.6) is 11.5 Å². The van der Waals surface area contributed by atoms with E-state index in [1.165, 1.54) is 0 Å². The molecule has 3 aromatic carbocycles. The molecule has 6 heteroatoms. The highest BCUT2D eigenvalue weighted by atomic mass is 16.7. The van der Waals surface area contributed by atoms with Crippen LogP contribution in [-0.4, -0.2) is 25.2 Å². The van der Waals surface area contributed by atoms with Crippen molar-refractivity contribution in [1.29, 1.82) is 0 Å². The smallest absolute Gasteiger partial charge is 0.232 e. The average Bonchev–Trinajstić information content (AvgIpc) is 3.44. The number of amides is 2. The number of carbonyl (C=O) groups is 2. The predicted octanol–water partition coefficient (Wildman–Crippen LogP) is 4.00. The van der Waals surface area contributed by atoms with Gasteiger partial charge < -0.3 is 19.3 Å². The van der Waals surface area contributed by atoms with Crippen LogP contribution in [0.2, 0.25) is 0 Å². The quantitative estimate of drug-likeness (QED) is 0.633. The largest absolute Gasteiger partial charge is 0.454 e. The fraction of sp³-hybridized carbons (Fsp3) is 0.200. The topological polar surface area (TPSA) is 59.1 Å². The Kier molecular flexibility index (Phi) is 5.04. The highest BCUT2D eigenvalue weighted by Gasteiger charge is 2.38. The van der Waals surface area contributed by atoms with Crippen molar-refractivity contribution in [2.75, 3.05) is 23.1 Å². The van der Waals surface area contributed by atoms with Gasteiger partial charge in [-0.2, -0.15) is 0 Å². The van der Waals surface area contributed by atoms with Crippen LogP contribution in [0.25, 0.3) is 0 Å². The van der Waals surface area contributed by atoms with Crippen LogP contribution in [0.15, 0.2) is 78.9 Å². The monoisotopic (exact) mass is 414 g/mol. The molecule has 0 saturated carbocycles. The van der Waals surface area contributed by atoms with Gasteiger partial charge in [0.05, 0.1) is 12.5 Å². The molecule has 1 saturated heterocycles. The Hall–Kier alpha value is -3.80. The van der Waals surface area contributed by atoms with E-state index in [0.717, 1.165) is 16.9 Å². The van der Waals surface area contributed by atoms with Crippen molar-refractivity contribution in [3.63, 3.8) is 0 Å². The highest BCUT2D eigenvalue weighted by Crippen LogP contribution is 2.37. The minimum atomic E-state index is -0.415. The van der Waals surface area contributed by atoms with E-state index in [9.17, 15) is 9.59 Å². The SMILES string of the molecule is O=C1CC(C(=O)N(Cc2ccccc2)c2ccccc2)CN1c1ccc2c(c1)OCO2. The number of benzene rings is 3. The Morgan fingerprint density at radius 2 is 1.65 bits per heavy atom. The van der Waals surface area contributed by atoms with Crippen LogP contribution in [0.4, 0.5) is 11.4 Å². The van der Waals surface area contributed by atoms with Crippen LogP contribution < -0.4 is 19.3 Å². The Morgan fingerprint density at radius 1 is 0.935 bits per heavy atom. The van der Waals surface area contributed by atoms with Crippen molar-refractivity contribution in [2.45, 2.75) is 13.0 Å². The van der Waals surface area contributed by atoms with Gasteiger partial charge in [-0.3, -0.25) is 9.59 Å². The standard InChI is InChI=1S/C25H22N2O4/c28-24-13-19(16-26(24)21-11-12-22-23(14-21)31-17-30-22)25(29)27(20-9-5-2-6-10-20)15-18-7-3-1-4-8-18/h1-12,14,19H,13,15-17H2. The van der Waals surface area contributed by atoms with E-state index in [-0.39, 0.29) is 25.0 Å². The first-order valence-corrected chi connectivity index (χ1v) is 10.3. The molecule has 6 nitrogen and oxygen atoms in total. The third-order valence-corrected chi connectivity index (χ3v) is 5.66. The second-order valence-corrected chi connectivity index (χ2v) is 7.69. The molecule has 0 aromatic heterocycles. The van der Waals surface area contributed by atoms with Gasteiger partial charge in [-0.05, 0) is 29.8 Å². The molecule has 0 N–H and O–H groups in total. The molecule has 31 heavy (non-hydrogen) atoms. The highest BCUT2D eigenvalue weighted by molar-refractivity contribution is 6.04.